The molecule has 0 aromatic heterocycles. The third-order valence-corrected chi connectivity index (χ3v) is 11.1. The highest BCUT2D eigenvalue weighted by Gasteiger charge is 2.46. The van der Waals surface area contributed by atoms with Crippen molar-refractivity contribution in [2.45, 2.75) is 55.1 Å². The fourth-order valence-corrected chi connectivity index (χ4v) is 7.89. The van der Waals surface area contributed by atoms with Crippen molar-refractivity contribution in [1.82, 2.24) is 9.62 Å². The molecule has 2 aromatic carbocycles. The molecule has 4 atom stereocenters. The van der Waals surface area contributed by atoms with Gasteiger partial charge >= 0.3 is 6.09 Å². The number of halogens is 1. The number of fused-ring (bicyclic) bond motifs is 4. The molecule has 0 radical (unpaired) electrons. The number of anilines is 1. The molecule has 0 unspecified atom stereocenters. The number of sulfonamides is 1. The molecular weight excluding hydrogens is 634 g/mol. The van der Waals surface area contributed by atoms with E-state index in [1.165, 1.54) is 24.8 Å². The minimum Gasteiger partial charge on any atom is -0.493 e. The zero-order valence-electron chi connectivity index (χ0n) is 26.5. The van der Waals surface area contributed by atoms with E-state index in [0.717, 1.165) is 18.4 Å². The average Bonchev–Trinajstić information content (AvgIpc) is 3.13. The van der Waals surface area contributed by atoms with Crippen molar-refractivity contribution in [2.75, 3.05) is 51.9 Å². The number of ether oxygens (including phenoxy) is 4. The Morgan fingerprint density at radius 2 is 1.91 bits per heavy atom. The summed E-state index contributed by atoms with van der Waals surface area (Å²) in [5, 5.41) is 0.577. The summed E-state index contributed by atoms with van der Waals surface area (Å²) in [7, 11) is -0.965. The van der Waals surface area contributed by atoms with Crippen molar-refractivity contribution in [2.24, 2.45) is 11.8 Å². The molecule has 3 heterocycles. The molecule has 6 rings (SSSR count). The van der Waals surface area contributed by atoms with Gasteiger partial charge in [-0.15, -0.1) is 0 Å². The fraction of sp³-hybridized carbons (Fsp3) is 0.515. The van der Waals surface area contributed by atoms with Gasteiger partial charge in [-0.2, -0.15) is 0 Å². The Balaban J connectivity index is 1.44. The van der Waals surface area contributed by atoms with Gasteiger partial charge in [-0.1, -0.05) is 23.7 Å². The van der Waals surface area contributed by atoms with Gasteiger partial charge in [0, 0.05) is 43.7 Å². The van der Waals surface area contributed by atoms with Crippen molar-refractivity contribution in [3.63, 3.8) is 0 Å². The van der Waals surface area contributed by atoms with Gasteiger partial charge < -0.3 is 28.7 Å². The topological polar surface area (TPSA) is 124 Å². The largest absolute Gasteiger partial charge is 0.493 e. The van der Waals surface area contributed by atoms with Crippen molar-refractivity contribution in [3.8, 4) is 11.5 Å². The summed E-state index contributed by atoms with van der Waals surface area (Å²) in [4.78, 5) is 29.4. The molecule has 0 saturated heterocycles. The van der Waals surface area contributed by atoms with Crippen LogP contribution in [0.3, 0.4) is 0 Å². The van der Waals surface area contributed by atoms with Crippen LogP contribution in [0.4, 0.5) is 10.5 Å². The molecule has 1 fully saturated rings. The van der Waals surface area contributed by atoms with Crippen molar-refractivity contribution in [1.29, 1.82) is 0 Å². The van der Waals surface area contributed by atoms with Crippen LogP contribution in [0.25, 0.3) is 0 Å². The van der Waals surface area contributed by atoms with Crippen LogP contribution in [0.15, 0.2) is 53.4 Å². The maximum atomic E-state index is 13.5. The lowest BCUT2D eigenvalue weighted by Gasteiger charge is -2.45. The normalized spacial score (nSPS) is 28.2. The predicted octanol–water partition coefficient (Wildman–Crippen LogP) is 4.52. The molecule has 4 aliphatic rings. The first-order valence-corrected chi connectivity index (χ1v) is 17.3. The van der Waals surface area contributed by atoms with E-state index < -0.39 is 39.1 Å². The number of hydrogen-bond acceptors (Lipinski definition) is 9. The van der Waals surface area contributed by atoms with Gasteiger partial charge in [0.05, 0.1) is 35.8 Å². The van der Waals surface area contributed by atoms with Gasteiger partial charge in [0.2, 0.25) is 0 Å². The Bertz CT molecular complexity index is 1660. The zero-order chi connectivity index (χ0) is 32.9. The molecule has 1 saturated carbocycles. The molecule has 1 N–H and O–H groups in total. The summed E-state index contributed by atoms with van der Waals surface area (Å²) < 4.78 is 53.5. The Morgan fingerprint density at radius 1 is 1.11 bits per heavy atom. The number of hydrogen-bond donors (Lipinski definition) is 1. The van der Waals surface area contributed by atoms with Crippen LogP contribution in [0.5, 0.6) is 11.5 Å². The van der Waals surface area contributed by atoms with Gasteiger partial charge in [0.15, 0.2) is 0 Å². The van der Waals surface area contributed by atoms with Crippen molar-refractivity contribution in [3.05, 3.63) is 59.1 Å². The maximum absolute atomic E-state index is 13.5. The Kier molecular flexibility index (Phi) is 8.66. The average molecular weight is 674 g/mol. The smallest absolute Gasteiger partial charge is 0.409 e. The molecule has 3 aliphatic heterocycles. The van der Waals surface area contributed by atoms with E-state index >= 15 is 0 Å². The van der Waals surface area contributed by atoms with E-state index in [9.17, 15) is 18.0 Å². The number of rotatable bonds is 1. The van der Waals surface area contributed by atoms with E-state index in [4.69, 9.17) is 30.5 Å². The number of carbonyl (C=O) groups is 2. The summed E-state index contributed by atoms with van der Waals surface area (Å²) >= 11 is 6.33. The van der Waals surface area contributed by atoms with Gasteiger partial charge in [-0.3, -0.25) is 4.79 Å². The third kappa shape index (κ3) is 6.26. The van der Waals surface area contributed by atoms with E-state index in [1.807, 2.05) is 24.3 Å². The maximum Gasteiger partial charge on any atom is 0.409 e. The quantitative estimate of drug-likeness (QED) is 0.435. The number of nitrogens with zero attached hydrogens (tertiary/aromatic N) is 2. The van der Waals surface area contributed by atoms with Crippen molar-refractivity contribution >= 4 is 39.3 Å². The lowest BCUT2D eigenvalue weighted by Crippen LogP contribution is -2.50. The lowest BCUT2D eigenvalue weighted by molar-refractivity contribution is -0.139. The Labute approximate surface area is 274 Å². The van der Waals surface area contributed by atoms with E-state index in [0.29, 0.717) is 54.9 Å². The minimum absolute atomic E-state index is 0.0145. The molecule has 46 heavy (non-hydrogen) atoms. The van der Waals surface area contributed by atoms with Crippen LogP contribution < -0.4 is 19.1 Å². The van der Waals surface area contributed by atoms with Crippen LogP contribution in [-0.2, 0) is 29.7 Å². The first kappa shape index (κ1) is 32.5. The molecule has 248 valence electrons. The lowest BCUT2D eigenvalue weighted by atomic mass is 9.69. The second kappa shape index (κ2) is 12.3. The number of nitrogens with one attached hydrogen (secondary N) is 1. The van der Waals surface area contributed by atoms with Crippen LogP contribution in [0.1, 0.15) is 38.7 Å². The second-order valence-corrected chi connectivity index (χ2v) is 15.4. The molecule has 1 aliphatic carbocycles. The molecule has 2 aromatic rings. The summed E-state index contributed by atoms with van der Waals surface area (Å²) in [5.41, 5.74) is -0.338. The van der Waals surface area contributed by atoms with E-state index in [2.05, 4.69) is 9.62 Å². The predicted molar refractivity (Wildman–Crippen MR) is 172 cm³/mol. The second-order valence-electron chi connectivity index (χ2n) is 13.2. The van der Waals surface area contributed by atoms with Gasteiger partial charge in [-0.25, -0.2) is 17.9 Å². The van der Waals surface area contributed by atoms with Crippen LogP contribution in [0.2, 0.25) is 5.02 Å². The van der Waals surface area contributed by atoms with Crippen LogP contribution >= 0.6 is 11.6 Å². The van der Waals surface area contributed by atoms with Crippen molar-refractivity contribution < 1.29 is 37.0 Å². The highest BCUT2D eigenvalue weighted by Crippen LogP contribution is 2.47. The molecule has 2 bridgehead atoms. The number of carbonyl (C=O) groups excluding carboxylic acids is 2. The van der Waals surface area contributed by atoms with Gasteiger partial charge in [-0.05, 0) is 75.4 Å². The first-order valence-electron chi connectivity index (χ1n) is 15.5. The molecule has 13 heteroatoms. The Morgan fingerprint density at radius 3 is 2.65 bits per heavy atom. The SMILES string of the molecule is CN(C)C(=O)O[C@H]1C=CCOC(C)(C)C(=O)NS(=O)(=O)c2ccc3c(c2)N(C[C@@H]2CC[C@H]21)C[C@@]1(CCOc2cc(Cl)ccc21)CO3. The first-order chi connectivity index (χ1) is 21.8. The van der Waals surface area contributed by atoms with Crippen LogP contribution in [0, 0.1) is 11.8 Å². The van der Waals surface area contributed by atoms with Crippen LogP contribution in [-0.4, -0.2) is 84.0 Å². The van der Waals surface area contributed by atoms with E-state index in [-0.39, 0.29) is 23.3 Å². The third-order valence-electron chi connectivity index (χ3n) is 9.53. The highest BCUT2D eigenvalue weighted by atomic mass is 35.5. The zero-order valence-corrected chi connectivity index (χ0v) is 28.0. The molecule has 2 amide bonds. The monoisotopic (exact) mass is 673 g/mol. The Hall–Kier alpha value is -3.48. The minimum atomic E-state index is -4.25. The summed E-state index contributed by atoms with van der Waals surface area (Å²) in [6.45, 7) is 4.94. The fourth-order valence-electron chi connectivity index (χ4n) is 6.61. The van der Waals surface area contributed by atoms with E-state index in [1.54, 1.807) is 32.3 Å². The summed E-state index contributed by atoms with van der Waals surface area (Å²) in [6, 6.07) is 10.3. The standard InChI is InChI=1S/C33H40ClN3O8S/c1-32(2)30(38)35-46(40,41)23-9-12-28-26(17-23)37(19-33(20-43-28)13-15-42-29-16-22(34)8-11-25(29)33)18-21-7-10-24(21)27(6-5-14-44-32)45-31(39)36(3)4/h5-6,8-9,11-12,16-17,21,24,27H,7,10,13-15,18-20H2,1-4H3,(H,35,38)/t21-,24+,27-,33-/m0/s1. The summed E-state index contributed by atoms with van der Waals surface area (Å²) in [6.07, 6.45) is 5.00. The number of amides is 2. The molecule has 1 spiro atoms. The summed E-state index contributed by atoms with van der Waals surface area (Å²) in [5.74, 6) is 0.589. The highest BCUT2D eigenvalue weighted by molar-refractivity contribution is 7.90. The van der Waals surface area contributed by atoms with Gasteiger partial charge in [0.25, 0.3) is 15.9 Å². The molecular formula is C33H40ClN3O8S. The van der Waals surface area contributed by atoms with Gasteiger partial charge in [0.1, 0.15) is 23.2 Å². The number of benzene rings is 2. The molecule has 11 nitrogen and oxygen atoms in total.